The number of pyridine rings is 1. The summed E-state index contributed by atoms with van der Waals surface area (Å²) in [5.74, 6) is 1.71. The molecule has 4 atom stereocenters. The number of carbonyl (C=O) groups excluding carboxylic acids is 1. The zero-order chi connectivity index (χ0) is 20.8. The number of nitrogens with zero attached hydrogens (tertiary/aromatic N) is 2. The van der Waals surface area contributed by atoms with E-state index in [2.05, 4.69) is 24.0 Å². The lowest BCUT2D eigenvalue weighted by atomic mass is 9.77. The number of benzene rings is 1. The summed E-state index contributed by atoms with van der Waals surface area (Å²) in [6.07, 6.45) is 4.93. The van der Waals surface area contributed by atoms with Gasteiger partial charge in [0.1, 0.15) is 0 Å². The number of likely N-dealkylation sites (tertiary alicyclic amines) is 1. The molecule has 5 rings (SSSR count). The Morgan fingerprint density at radius 2 is 1.90 bits per heavy atom. The molecule has 1 saturated heterocycles. The Morgan fingerprint density at radius 3 is 2.63 bits per heavy atom. The van der Waals surface area contributed by atoms with Crippen molar-refractivity contribution in [2.75, 3.05) is 33.8 Å². The third kappa shape index (κ3) is 3.79. The van der Waals surface area contributed by atoms with Crippen LogP contribution in [0, 0.1) is 17.8 Å². The lowest BCUT2D eigenvalue weighted by Crippen LogP contribution is -2.48. The normalized spacial score (nSPS) is 28.8. The van der Waals surface area contributed by atoms with Crippen molar-refractivity contribution in [3.05, 3.63) is 46.2 Å². The second kappa shape index (κ2) is 7.82. The molecule has 1 aromatic heterocycles. The highest BCUT2D eigenvalue weighted by Gasteiger charge is 2.45. The first-order valence-corrected chi connectivity index (χ1v) is 11.2. The van der Waals surface area contributed by atoms with Gasteiger partial charge in [0.15, 0.2) is 0 Å². The van der Waals surface area contributed by atoms with Gasteiger partial charge >= 0.3 is 0 Å². The number of amides is 1. The number of hydrogen-bond donors (Lipinski definition) is 1. The molecule has 0 spiro atoms. The van der Waals surface area contributed by atoms with Gasteiger partial charge in [0.2, 0.25) is 5.56 Å². The van der Waals surface area contributed by atoms with Gasteiger partial charge in [-0.15, -0.1) is 0 Å². The van der Waals surface area contributed by atoms with E-state index in [1.165, 1.54) is 18.9 Å². The summed E-state index contributed by atoms with van der Waals surface area (Å²) < 4.78 is 6.35. The van der Waals surface area contributed by atoms with Crippen LogP contribution in [0.4, 0.5) is 0 Å². The molecule has 1 amide bonds. The molecule has 2 saturated carbocycles. The molecule has 1 aromatic carbocycles. The number of likely N-dealkylation sites (N-methyl/N-ethyl adjacent to an activating group) is 1. The second-order valence-electron chi connectivity index (χ2n) is 9.64. The quantitative estimate of drug-likeness (QED) is 0.825. The summed E-state index contributed by atoms with van der Waals surface area (Å²) in [6.45, 7) is 2.41. The van der Waals surface area contributed by atoms with Crippen LogP contribution in [0.5, 0.6) is 0 Å². The van der Waals surface area contributed by atoms with E-state index in [9.17, 15) is 9.59 Å². The lowest BCUT2D eigenvalue weighted by Gasteiger charge is -2.41. The average molecular weight is 410 g/mol. The minimum absolute atomic E-state index is 0.0245. The Hall–Kier alpha value is -2.18. The molecular formula is C24H31N3O3. The lowest BCUT2D eigenvalue weighted by molar-refractivity contribution is -0.0493. The monoisotopic (exact) mass is 409 g/mol. The van der Waals surface area contributed by atoms with Crippen molar-refractivity contribution in [2.45, 2.75) is 37.8 Å². The average Bonchev–Trinajstić information content (AvgIpc) is 3.47. The Bertz CT molecular complexity index is 997. The fourth-order valence-electron chi connectivity index (χ4n) is 5.37. The third-order valence-electron chi connectivity index (χ3n) is 7.26. The van der Waals surface area contributed by atoms with E-state index in [1.807, 2.05) is 29.2 Å². The summed E-state index contributed by atoms with van der Waals surface area (Å²) in [5, 5.41) is 0.814. The number of aromatic nitrogens is 1. The highest BCUT2D eigenvalue weighted by Crippen LogP contribution is 2.40. The SMILES string of the molecule is CN(C)[C@@H]1C[C@@H]2CN(C(=O)c3cc(=O)[nH]c4ccccc34)C[C@@H]2C[C@H]1OCC1CC1. The van der Waals surface area contributed by atoms with Crippen LogP contribution >= 0.6 is 0 Å². The smallest absolute Gasteiger partial charge is 0.254 e. The van der Waals surface area contributed by atoms with Crippen molar-refractivity contribution in [1.29, 1.82) is 0 Å². The van der Waals surface area contributed by atoms with Gasteiger partial charge in [-0.1, -0.05) is 18.2 Å². The number of ether oxygens (including phenoxy) is 1. The topological polar surface area (TPSA) is 65.6 Å². The van der Waals surface area contributed by atoms with Crippen LogP contribution in [0.1, 0.15) is 36.0 Å². The highest BCUT2D eigenvalue weighted by atomic mass is 16.5. The number of nitrogens with one attached hydrogen (secondary N) is 1. The highest BCUT2D eigenvalue weighted by molar-refractivity contribution is 6.06. The van der Waals surface area contributed by atoms with E-state index in [4.69, 9.17) is 4.74 Å². The van der Waals surface area contributed by atoms with Gasteiger partial charge in [-0.3, -0.25) is 9.59 Å². The molecule has 6 heteroatoms. The molecule has 1 N–H and O–H groups in total. The Kier molecular flexibility index (Phi) is 5.15. The molecular weight excluding hydrogens is 378 g/mol. The second-order valence-corrected chi connectivity index (χ2v) is 9.64. The number of hydrogen-bond acceptors (Lipinski definition) is 4. The number of H-pyrrole nitrogens is 1. The molecule has 2 aliphatic carbocycles. The number of carbonyl (C=O) groups is 1. The predicted molar refractivity (Wildman–Crippen MR) is 117 cm³/mol. The van der Waals surface area contributed by atoms with Gasteiger partial charge in [0.25, 0.3) is 5.91 Å². The van der Waals surface area contributed by atoms with Gasteiger partial charge in [-0.05, 0) is 63.6 Å². The van der Waals surface area contributed by atoms with Crippen molar-refractivity contribution in [3.63, 3.8) is 0 Å². The van der Waals surface area contributed by atoms with Gasteiger partial charge in [0.05, 0.1) is 11.7 Å². The van der Waals surface area contributed by atoms with E-state index in [1.54, 1.807) is 0 Å². The Labute approximate surface area is 177 Å². The maximum Gasteiger partial charge on any atom is 0.254 e. The van der Waals surface area contributed by atoms with E-state index in [0.717, 1.165) is 43.8 Å². The van der Waals surface area contributed by atoms with Crippen LogP contribution in [0.15, 0.2) is 35.1 Å². The maximum atomic E-state index is 13.4. The minimum Gasteiger partial charge on any atom is -0.376 e. The van der Waals surface area contributed by atoms with Gasteiger partial charge in [-0.2, -0.15) is 0 Å². The first-order chi connectivity index (χ1) is 14.5. The Morgan fingerprint density at radius 1 is 1.17 bits per heavy atom. The van der Waals surface area contributed by atoms with Crippen molar-refractivity contribution in [1.82, 2.24) is 14.8 Å². The summed E-state index contributed by atoms with van der Waals surface area (Å²) in [4.78, 5) is 32.6. The van der Waals surface area contributed by atoms with Crippen LogP contribution in [0.2, 0.25) is 0 Å². The zero-order valence-corrected chi connectivity index (χ0v) is 17.8. The zero-order valence-electron chi connectivity index (χ0n) is 17.8. The molecule has 3 aliphatic rings. The first kappa shape index (κ1) is 19.8. The number of aromatic amines is 1. The van der Waals surface area contributed by atoms with Crippen LogP contribution in [-0.2, 0) is 4.74 Å². The molecule has 0 radical (unpaired) electrons. The van der Waals surface area contributed by atoms with Crippen LogP contribution < -0.4 is 5.56 Å². The summed E-state index contributed by atoms with van der Waals surface area (Å²) in [7, 11) is 4.28. The minimum atomic E-state index is -0.227. The molecule has 30 heavy (non-hydrogen) atoms. The molecule has 2 aromatic rings. The molecule has 2 heterocycles. The van der Waals surface area contributed by atoms with Crippen LogP contribution in [-0.4, -0.2) is 66.6 Å². The van der Waals surface area contributed by atoms with Crippen molar-refractivity contribution < 1.29 is 9.53 Å². The Balaban J connectivity index is 1.35. The number of fused-ring (bicyclic) bond motifs is 2. The van der Waals surface area contributed by atoms with Gasteiger partial charge in [0, 0.05) is 42.7 Å². The fourth-order valence-corrected chi connectivity index (χ4v) is 5.37. The van der Waals surface area contributed by atoms with E-state index in [0.29, 0.717) is 29.0 Å². The number of rotatable bonds is 5. The maximum absolute atomic E-state index is 13.4. The van der Waals surface area contributed by atoms with Crippen LogP contribution in [0.3, 0.4) is 0 Å². The fraction of sp³-hybridized carbons (Fsp3) is 0.583. The van der Waals surface area contributed by atoms with E-state index in [-0.39, 0.29) is 17.6 Å². The van der Waals surface area contributed by atoms with Crippen molar-refractivity contribution in [3.8, 4) is 0 Å². The van der Waals surface area contributed by atoms with E-state index < -0.39 is 0 Å². The summed E-state index contributed by atoms with van der Waals surface area (Å²) in [5.41, 5.74) is 1.000. The van der Waals surface area contributed by atoms with Gasteiger partial charge < -0.3 is 19.5 Å². The summed E-state index contributed by atoms with van der Waals surface area (Å²) in [6, 6.07) is 9.40. The molecule has 160 valence electrons. The molecule has 0 unspecified atom stereocenters. The third-order valence-corrected chi connectivity index (χ3v) is 7.26. The molecule has 6 nitrogen and oxygen atoms in total. The van der Waals surface area contributed by atoms with Crippen molar-refractivity contribution in [2.24, 2.45) is 17.8 Å². The predicted octanol–water partition coefficient (Wildman–Crippen LogP) is 2.74. The van der Waals surface area contributed by atoms with E-state index >= 15 is 0 Å². The summed E-state index contributed by atoms with van der Waals surface area (Å²) >= 11 is 0. The van der Waals surface area contributed by atoms with Gasteiger partial charge in [-0.25, -0.2) is 0 Å². The molecule has 1 aliphatic heterocycles. The van der Waals surface area contributed by atoms with Crippen LogP contribution in [0.25, 0.3) is 10.9 Å². The number of para-hydroxylation sites is 1. The first-order valence-electron chi connectivity index (χ1n) is 11.2. The molecule has 3 fully saturated rings. The molecule has 0 bridgehead atoms. The standard InChI is InChI=1S/C24H31N3O3/c1-26(2)21-9-16-12-27(13-17(16)10-22(21)30-14-15-7-8-15)24(29)19-11-23(28)25-20-6-4-3-5-18(19)20/h3-6,11,15-17,21-22H,7-10,12-14H2,1-2H3,(H,25,28)/t16-,17+,21-,22-/m1/s1. The largest absolute Gasteiger partial charge is 0.376 e. The van der Waals surface area contributed by atoms with Crippen molar-refractivity contribution >= 4 is 16.8 Å².